The monoisotopic (exact) mass is 244 g/mol. The van der Waals surface area contributed by atoms with Crippen LogP contribution in [0.5, 0.6) is 12.0 Å². The summed E-state index contributed by atoms with van der Waals surface area (Å²) in [6, 6.07) is 0.237. The molecule has 0 aliphatic heterocycles. The van der Waals surface area contributed by atoms with E-state index in [-0.39, 0.29) is 31.2 Å². The first-order valence-electron chi connectivity index (χ1n) is 5.05. The van der Waals surface area contributed by atoms with Crippen molar-refractivity contribution >= 4 is 5.95 Å². The Kier molecular flexibility index (Phi) is 5.37. The molecule has 17 heavy (non-hydrogen) atoms. The second-order valence-corrected chi connectivity index (χ2v) is 3.04. The van der Waals surface area contributed by atoms with Gasteiger partial charge in [-0.3, -0.25) is 0 Å². The molecule has 1 heterocycles. The number of nitrogens with zero attached hydrogens (tertiary/aromatic N) is 4. The van der Waals surface area contributed by atoms with Crippen molar-refractivity contribution in [3.63, 3.8) is 0 Å². The smallest absolute Gasteiger partial charge is 0.324 e. The first-order valence-corrected chi connectivity index (χ1v) is 5.05. The van der Waals surface area contributed by atoms with Gasteiger partial charge >= 0.3 is 12.0 Å². The first-order chi connectivity index (χ1) is 8.24. The molecule has 0 fully saturated rings. The summed E-state index contributed by atoms with van der Waals surface area (Å²) in [6.07, 6.45) is 0. The van der Waals surface area contributed by atoms with Crippen LogP contribution in [0.1, 0.15) is 0 Å². The highest BCUT2D eigenvalue weighted by Gasteiger charge is 2.13. The number of hydrogen-bond acceptors (Lipinski definition) is 8. The van der Waals surface area contributed by atoms with Gasteiger partial charge in [-0.15, -0.1) is 4.98 Å². The van der Waals surface area contributed by atoms with E-state index in [0.717, 1.165) is 0 Å². The molecule has 8 heteroatoms. The fourth-order valence-corrected chi connectivity index (χ4v) is 1.21. The van der Waals surface area contributed by atoms with E-state index in [1.165, 1.54) is 14.2 Å². The van der Waals surface area contributed by atoms with E-state index in [1.807, 2.05) is 0 Å². The van der Waals surface area contributed by atoms with E-state index in [4.69, 9.17) is 19.7 Å². The largest absolute Gasteiger partial charge is 0.467 e. The highest BCUT2D eigenvalue weighted by atomic mass is 16.5. The van der Waals surface area contributed by atoms with Crippen LogP contribution >= 0.6 is 0 Å². The number of methoxy groups -OCH3 is 2. The zero-order chi connectivity index (χ0) is 12.7. The Hall–Kier alpha value is -1.67. The molecule has 0 saturated carbocycles. The van der Waals surface area contributed by atoms with Gasteiger partial charge in [-0.25, -0.2) is 0 Å². The van der Waals surface area contributed by atoms with Crippen LogP contribution in [0.4, 0.5) is 5.95 Å². The maximum absolute atomic E-state index is 8.92. The van der Waals surface area contributed by atoms with Gasteiger partial charge in [0.1, 0.15) is 0 Å². The molecule has 0 aromatic carbocycles. The highest BCUT2D eigenvalue weighted by Crippen LogP contribution is 2.15. The second-order valence-electron chi connectivity index (χ2n) is 3.04. The Morgan fingerprint density at radius 3 is 1.76 bits per heavy atom. The van der Waals surface area contributed by atoms with Crippen molar-refractivity contribution in [2.45, 2.75) is 0 Å². The van der Waals surface area contributed by atoms with Crippen molar-refractivity contribution in [2.75, 3.05) is 45.4 Å². The lowest BCUT2D eigenvalue weighted by Gasteiger charge is -2.20. The maximum Gasteiger partial charge on any atom is 0.324 e. The lowest BCUT2D eigenvalue weighted by atomic mass is 10.5. The molecule has 1 rings (SSSR count). The van der Waals surface area contributed by atoms with Crippen molar-refractivity contribution in [3.05, 3.63) is 0 Å². The van der Waals surface area contributed by atoms with Crippen LogP contribution in [-0.4, -0.2) is 65.7 Å². The van der Waals surface area contributed by atoms with Crippen LogP contribution in [0.15, 0.2) is 0 Å². The molecule has 0 radical (unpaired) electrons. The van der Waals surface area contributed by atoms with Gasteiger partial charge < -0.3 is 24.6 Å². The maximum atomic E-state index is 8.92. The summed E-state index contributed by atoms with van der Waals surface area (Å²) < 4.78 is 9.82. The zero-order valence-corrected chi connectivity index (χ0v) is 9.83. The Labute approximate surface area is 98.9 Å². The fraction of sp³-hybridized carbons (Fsp3) is 0.667. The van der Waals surface area contributed by atoms with Gasteiger partial charge in [0.15, 0.2) is 0 Å². The second kappa shape index (κ2) is 6.81. The fourth-order valence-electron chi connectivity index (χ4n) is 1.21. The summed E-state index contributed by atoms with van der Waals surface area (Å²) in [5, 5.41) is 17.8. The molecule has 0 aliphatic carbocycles. The molecule has 2 N–H and O–H groups in total. The average molecular weight is 244 g/mol. The normalized spacial score (nSPS) is 10.1. The van der Waals surface area contributed by atoms with E-state index < -0.39 is 0 Å². The van der Waals surface area contributed by atoms with E-state index in [0.29, 0.717) is 13.1 Å². The Morgan fingerprint density at radius 2 is 1.41 bits per heavy atom. The van der Waals surface area contributed by atoms with Crippen LogP contribution in [0.3, 0.4) is 0 Å². The number of aromatic nitrogens is 3. The third-order valence-electron chi connectivity index (χ3n) is 1.97. The quantitative estimate of drug-likeness (QED) is 0.609. The average Bonchev–Trinajstić information content (AvgIpc) is 2.37. The number of rotatable bonds is 7. The number of aliphatic hydroxyl groups excluding tert-OH is 2. The summed E-state index contributed by atoms with van der Waals surface area (Å²) in [6.45, 7) is 0.459. The van der Waals surface area contributed by atoms with E-state index >= 15 is 0 Å². The lowest BCUT2D eigenvalue weighted by Crippen LogP contribution is -2.31. The summed E-state index contributed by atoms with van der Waals surface area (Å²) >= 11 is 0. The van der Waals surface area contributed by atoms with Gasteiger partial charge in [0.25, 0.3) is 0 Å². The molecule has 0 spiro atoms. The molecule has 8 nitrogen and oxygen atoms in total. The molecular weight excluding hydrogens is 228 g/mol. The predicted molar refractivity (Wildman–Crippen MR) is 59.3 cm³/mol. The predicted octanol–water partition coefficient (Wildman–Crippen LogP) is -1.32. The minimum Gasteiger partial charge on any atom is -0.467 e. The van der Waals surface area contributed by atoms with Gasteiger partial charge in [0, 0.05) is 13.1 Å². The van der Waals surface area contributed by atoms with Crippen molar-refractivity contribution in [1.29, 1.82) is 0 Å². The van der Waals surface area contributed by atoms with Gasteiger partial charge in [0.2, 0.25) is 5.95 Å². The van der Waals surface area contributed by atoms with Crippen molar-refractivity contribution in [2.24, 2.45) is 0 Å². The van der Waals surface area contributed by atoms with E-state index in [9.17, 15) is 0 Å². The molecule has 0 amide bonds. The van der Waals surface area contributed by atoms with Gasteiger partial charge in [-0.1, -0.05) is 0 Å². The summed E-state index contributed by atoms with van der Waals surface area (Å²) in [4.78, 5) is 13.5. The summed E-state index contributed by atoms with van der Waals surface area (Å²) in [5.74, 6) is 0.289. The zero-order valence-electron chi connectivity index (χ0n) is 9.83. The standard InChI is InChI=1S/C9H16N4O4/c1-16-8-10-7(11-9(12-8)17-2)13(3-5-14)4-6-15/h14-15H,3-6H2,1-2H3. The van der Waals surface area contributed by atoms with E-state index in [2.05, 4.69) is 15.0 Å². The molecular formula is C9H16N4O4. The molecule has 0 bridgehead atoms. The van der Waals surface area contributed by atoms with Crippen molar-refractivity contribution < 1.29 is 19.7 Å². The Balaban J connectivity index is 2.99. The van der Waals surface area contributed by atoms with Crippen LogP contribution in [-0.2, 0) is 0 Å². The Bertz CT molecular complexity index is 322. The van der Waals surface area contributed by atoms with Gasteiger partial charge in [-0.2, -0.15) is 9.97 Å². The first kappa shape index (κ1) is 13.4. The minimum absolute atomic E-state index is 0.0731. The summed E-state index contributed by atoms with van der Waals surface area (Å²) in [7, 11) is 2.86. The van der Waals surface area contributed by atoms with Crippen LogP contribution in [0, 0.1) is 0 Å². The summed E-state index contributed by atoms with van der Waals surface area (Å²) in [5.41, 5.74) is 0. The molecule has 0 aliphatic rings. The van der Waals surface area contributed by atoms with Crippen LogP contribution in [0.2, 0.25) is 0 Å². The Morgan fingerprint density at radius 1 is 0.941 bits per heavy atom. The van der Waals surface area contributed by atoms with Gasteiger partial charge in [-0.05, 0) is 0 Å². The molecule has 0 atom stereocenters. The molecule has 1 aromatic heterocycles. The third kappa shape index (κ3) is 3.68. The molecule has 96 valence electrons. The number of hydrogen-bond donors (Lipinski definition) is 2. The van der Waals surface area contributed by atoms with Crippen LogP contribution < -0.4 is 14.4 Å². The number of anilines is 1. The minimum atomic E-state index is -0.0731. The third-order valence-corrected chi connectivity index (χ3v) is 1.97. The number of aliphatic hydroxyl groups is 2. The highest BCUT2D eigenvalue weighted by molar-refractivity contribution is 5.32. The molecule has 0 unspecified atom stereocenters. The number of ether oxygens (including phenoxy) is 2. The lowest BCUT2D eigenvalue weighted by molar-refractivity contribution is 0.278. The topological polar surface area (TPSA) is 101 Å². The van der Waals surface area contributed by atoms with Gasteiger partial charge in [0.05, 0.1) is 27.4 Å². The van der Waals surface area contributed by atoms with Crippen molar-refractivity contribution in [3.8, 4) is 12.0 Å². The molecule has 0 saturated heterocycles. The van der Waals surface area contributed by atoms with Crippen molar-refractivity contribution in [1.82, 2.24) is 15.0 Å². The van der Waals surface area contributed by atoms with Crippen LogP contribution in [0.25, 0.3) is 0 Å². The SMILES string of the molecule is COc1nc(OC)nc(N(CCO)CCO)n1. The molecule has 1 aromatic rings. The van der Waals surface area contributed by atoms with E-state index in [1.54, 1.807) is 4.90 Å².